The van der Waals surface area contributed by atoms with E-state index < -0.39 is 0 Å². The fourth-order valence-electron chi connectivity index (χ4n) is 2.77. The number of nitriles is 1. The number of likely N-dealkylation sites (tertiary alicyclic amines) is 1. The van der Waals surface area contributed by atoms with Gasteiger partial charge >= 0.3 is 0 Å². The van der Waals surface area contributed by atoms with Crippen molar-refractivity contribution < 1.29 is 9.18 Å². The SMILES string of the molecule is CCNC(=NCc1cc(C#N)ccc1F)NC1CCN(C(=O)CC)C1. The Kier molecular flexibility index (Phi) is 6.75. The molecule has 1 aliphatic rings. The molecule has 1 heterocycles. The first-order valence-corrected chi connectivity index (χ1v) is 8.58. The van der Waals surface area contributed by atoms with Crippen molar-refractivity contribution in [3.63, 3.8) is 0 Å². The van der Waals surface area contributed by atoms with E-state index in [0.29, 0.717) is 36.6 Å². The van der Waals surface area contributed by atoms with Crippen LogP contribution in [0.4, 0.5) is 4.39 Å². The molecule has 1 aliphatic heterocycles. The molecule has 1 fully saturated rings. The lowest BCUT2D eigenvalue weighted by molar-refractivity contribution is -0.129. The number of benzene rings is 1. The van der Waals surface area contributed by atoms with E-state index in [1.807, 2.05) is 24.8 Å². The Labute approximate surface area is 147 Å². The highest BCUT2D eigenvalue weighted by Crippen LogP contribution is 2.12. The molecule has 1 saturated heterocycles. The minimum Gasteiger partial charge on any atom is -0.357 e. The van der Waals surface area contributed by atoms with E-state index in [9.17, 15) is 9.18 Å². The number of hydrogen-bond donors (Lipinski definition) is 2. The number of nitrogens with zero attached hydrogens (tertiary/aromatic N) is 3. The molecule has 0 spiro atoms. The van der Waals surface area contributed by atoms with Crippen LogP contribution in [0.25, 0.3) is 0 Å². The third-order valence-corrected chi connectivity index (χ3v) is 4.11. The number of hydrogen-bond acceptors (Lipinski definition) is 3. The van der Waals surface area contributed by atoms with Crippen LogP contribution in [0.2, 0.25) is 0 Å². The second-order valence-electron chi connectivity index (χ2n) is 5.94. The molecule has 0 radical (unpaired) electrons. The van der Waals surface area contributed by atoms with Crippen LogP contribution in [-0.2, 0) is 11.3 Å². The Morgan fingerprint density at radius 2 is 2.28 bits per heavy atom. The Bertz CT molecular complexity index is 683. The summed E-state index contributed by atoms with van der Waals surface area (Å²) in [6.07, 6.45) is 1.36. The maximum Gasteiger partial charge on any atom is 0.222 e. The van der Waals surface area contributed by atoms with Crippen molar-refractivity contribution in [3.8, 4) is 6.07 Å². The predicted molar refractivity (Wildman–Crippen MR) is 94.3 cm³/mol. The fourth-order valence-corrected chi connectivity index (χ4v) is 2.77. The Morgan fingerprint density at radius 3 is 2.96 bits per heavy atom. The van der Waals surface area contributed by atoms with E-state index >= 15 is 0 Å². The van der Waals surface area contributed by atoms with Gasteiger partial charge in [0.05, 0.1) is 18.2 Å². The molecule has 134 valence electrons. The third-order valence-electron chi connectivity index (χ3n) is 4.11. The molecule has 1 atom stereocenters. The molecule has 1 aromatic carbocycles. The van der Waals surface area contributed by atoms with Crippen molar-refractivity contribution in [2.24, 2.45) is 4.99 Å². The van der Waals surface area contributed by atoms with Crippen molar-refractivity contribution in [1.29, 1.82) is 5.26 Å². The molecule has 0 bridgehead atoms. The Balaban J connectivity index is 2.02. The van der Waals surface area contributed by atoms with E-state index in [-0.39, 0.29) is 24.3 Å². The van der Waals surface area contributed by atoms with E-state index in [0.717, 1.165) is 13.0 Å². The van der Waals surface area contributed by atoms with Crippen LogP contribution < -0.4 is 10.6 Å². The number of rotatable bonds is 5. The number of halogens is 1. The highest BCUT2D eigenvalue weighted by molar-refractivity contribution is 5.80. The summed E-state index contributed by atoms with van der Waals surface area (Å²) in [6, 6.07) is 6.38. The van der Waals surface area contributed by atoms with Crippen molar-refractivity contribution in [2.75, 3.05) is 19.6 Å². The van der Waals surface area contributed by atoms with Gasteiger partial charge in [0.15, 0.2) is 5.96 Å². The van der Waals surface area contributed by atoms with E-state index in [2.05, 4.69) is 15.6 Å². The van der Waals surface area contributed by atoms with Gasteiger partial charge in [0, 0.05) is 37.7 Å². The number of nitrogens with one attached hydrogen (secondary N) is 2. The van der Waals surface area contributed by atoms with Gasteiger partial charge in [-0.25, -0.2) is 9.38 Å². The molecule has 1 amide bonds. The van der Waals surface area contributed by atoms with Gasteiger partial charge in [0.1, 0.15) is 5.82 Å². The van der Waals surface area contributed by atoms with Crippen LogP contribution >= 0.6 is 0 Å². The quantitative estimate of drug-likeness (QED) is 0.629. The molecule has 0 aromatic heterocycles. The highest BCUT2D eigenvalue weighted by Gasteiger charge is 2.25. The zero-order valence-corrected chi connectivity index (χ0v) is 14.7. The second kappa shape index (κ2) is 9.02. The van der Waals surface area contributed by atoms with Crippen LogP contribution in [0.15, 0.2) is 23.2 Å². The molecule has 0 saturated carbocycles. The predicted octanol–water partition coefficient (Wildman–Crippen LogP) is 1.76. The standard InChI is InChI=1S/C18H24FN5O/c1-3-17(25)24-8-7-15(12-24)23-18(21-4-2)22-11-14-9-13(10-20)5-6-16(14)19/h5-6,9,15H,3-4,7-8,11-12H2,1-2H3,(H2,21,22,23). The molecule has 25 heavy (non-hydrogen) atoms. The van der Waals surface area contributed by atoms with Crippen molar-refractivity contribution >= 4 is 11.9 Å². The molecular weight excluding hydrogens is 321 g/mol. The first-order valence-electron chi connectivity index (χ1n) is 8.58. The third kappa shape index (κ3) is 5.18. The summed E-state index contributed by atoms with van der Waals surface area (Å²) >= 11 is 0. The second-order valence-corrected chi connectivity index (χ2v) is 5.94. The summed E-state index contributed by atoms with van der Waals surface area (Å²) in [6.45, 7) is 6.02. The molecule has 2 N–H and O–H groups in total. The average molecular weight is 345 g/mol. The molecule has 2 rings (SSSR count). The van der Waals surface area contributed by atoms with Gasteiger partial charge in [-0.2, -0.15) is 5.26 Å². The monoisotopic (exact) mass is 345 g/mol. The molecule has 6 nitrogen and oxygen atoms in total. The largest absolute Gasteiger partial charge is 0.357 e. The molecule has 0 aliphatic carbocycles. The van der Waals surface area contributed by atoms with Crippen molar-refractivity contribution in [1.82, 2.24) is 15.5 Å². The van der Waals surface area contributed by atoms with Gasteiger partial charge < -0.3 is 15.5 Å². The number of carbonyl (C=O) groups is 1. The minimum absolute atomic E-state index is 0.128. The number of aliphatic imine (C=N–C) groups is 1. The lowest BCUT2D eigenvalue weighted by atomic mass is 10.1. The van der Waals surface area contributed by atoms with Gasteiger partial charge in [-0.1, -0.05) is 6.92 Å². The highest BCUT2D eigenvalue weighted by atomic mass is 19.1. The van der Waals surface area contributed by atoms with Gasteiger partial charge in [0.2, 0.25) is 5.91 Å². The van der Waals surface area contributed by atoms with Gasteiger partial charge in [-0.3, -0.25) is 4.79 Å². The first kappa shape index (κ1) is 18.7. The number of amides is 1. The molecule has 1 unspecified atom stereocenters. The van der Waals surface area contributed by atoms with Crippen molar-refractivity contribution in [2.45, 2.75) is 39.3 Å². The number of guanidine groups is 1. The minimum atomic E-state index is -0.376. The smallest absolute Gasteiger partial charge is 0.222 e. The fraction of sp³-hybridized carbons (Fsp3) is 0.500. The summed E-state index contributed by atoms with van der Waals surface area (Å²) in [4.78, 5) is 18.0. The normalized spacial score (nSPS) is 17.3. The van der Waals surface area contributed by atoms with Crippen LogP contribution in [0, 0.1) is 17.1 Å². The lowest BCUT2D eigenvalue weighted by Crippen LogP contribution is -2.45. The van der Waals surface area contributed by atoms with Crippen LogP contribution in [0.1, 0.15) is 37.8 Å². The van der Waals surface area contributed by atoms with Crippen molar-refractivity contribution in [3.05, 3.63) is 35.1 Å². The Morgan fingerprint density at radius 1 is 1.48 bits per heavy atom. The molecule has 7 heteroatoms. The van der Waals surface area contributed by atoms with Gasteiger partial charge in [-0.15, -0.1) is 0 Å². The van der Waals surface area contributed by atoms with Crippen LogP contribution in [0.3, 0.4) is 0 Å². The van der Waals surface area contributed by atoms with Gasteiger partial charge in [-0.05, 0) is 31.5 Å². The summed E-state index contributed by atoms with van der Waals surface area (Å²) in [7, 11) is 0. The van der Waals surface area contributed by atoms with E-state index in [1.54, 1.807) is 0 Å². The zero-order valence-electron chi connectivity index (χ0n) is 14.7. The number of carbonyl (C=O) groups excluding carboxylic acids is 1. The maximum absolute atomic E-state index is 13.9. The lowest BCUT2D eigenvalue weighted by Gasteiger charge is -2.18. The first-order chi connectivity index (χ1) is 12.1. The maximum atomic E-state index is 13.9. The Hall–Kier alpha value is -2.62. The molecular formula is C18H24FN5O. The average Bonchev–Trinajstić information content (AvgIpc) is 3.09. The summed E-state index contributed by atoms with van der Waals surface area (Å²) in [5.74, 6) is 0.362. The molecule has 1 aromatic rings. The summed E-state index contributed by atoms with van der Waals surface area (Å²) < 4.78 is 13.9. The summed E-state index contributed by atoms with van der Waals surface area (Å²) in [5, 5.41) is 15.4. The van der Waals surface area contributed by atoms with E-state index in [4.69, 9.17) is 5.26 Å². The van der Waals surface area contributed by atoms with Crippen LogP contribution in [-0.4, -0.2) is 42.4 Å². The zero-order chi connectivity index (χ0) is 18.2. The topological polar surface area (TPSA) is 80.5 Å². The van der Waals surface area contributed by atoms with Gasteiger partial charge in [0.25, 0.3) is 0 Å². The van der Waals surface area contributed by atoms with E-state index in [1.165, 1.54) is 18.2 Å². The van der Waals surface area contributed by atoms with Crippen LogP contribution in [0.5, 0.6) is 0 Å². The summed E-state index contributed by atoms with van der Waals surface area (Å²) in [5.41, 5.74) is 0.791.